The lowest BCUT2D eigenvalue weighted by Crippen LogP contribution is -2.20. The summed E-state index contributed by atoms with van der Waals surface area (Å²) in [5, 5.41) is 12.4. The van der Waals surface area contributed by atoms with Crippen LogP contribution in [0.2, 0.25) is 0 Å². The van der Waals surface area contributed by atoms with Crippen molar-refractivity contribution in [1.29, 1.82) is 0 Å². The number of aromatic nitrogens is 4. The molecule has 0 aliphatic carbocycles. The molecule has 0 atom stereocenters. The molecule has 0 spiro atoms. The van der Waals surface area contributed by atoms with Crippen LogP contribution < -0.4 is 4.90 Å². The third kappa shape index (κ3) is 3.43. The van der Waals surface area contributed by atoms with Crippen LogP contribution in [-0.2, 0) is 11.2 Å². The molecule has 2 aromatic carbocycles. The van der Waals surface area contributed by atoms with E-state index in [0.29, 0.717) is 17.1 Å². The fourth-order valence-electron chi connectivity index (χ4n) is 3.36. The first-order valence-corrected chi connectivity index (χ1v) is 9.83. The minimum atomic E-state index is -0.0234. The summed E-state index contributed by atoms with van der Waals surface area (Å²) in [5.74, 6) is 0.236. The Hall–Kier alpha value is -3.00. The van der Waals surface area contributed by atoms with Crippen LogP contribution in [0.15, 0.2) is 41.6 Å². The fraction of sp³-hybridized carbons (Fsp3) is 0.250. The van der Waals surface area contributed by atoms with Gasteiger partial charge in [0.25, 0.3) is 0 Å². The number of fused-ring (bicyclic) bond motifs is 1. The fourth-order valence-corrected chi connectivity index (χ4v) is 4.15. The maximum Gasteiger partial charge on any atom is 0.231 e. The highest BCUT2D eigenvalue weighted by Gasteiger charge is 2.25. The molecule has 1 aliphatic rings. The zero-order valence-corrected chi connectivity index (χ0v) is 16.7. The van der Waals surface area contributed by atoms with Crippen molar-refractivity contribution in [2.45, 2.75) is 25.4 Å². The number of Topliss-reactive ketones (excluding diaryl/α,β-unsaturated/α-hetero) is 1. The molecule has 8 heteroatoms. The summed E-state index contributed by atoms with van der Waals surface area (Å²) in [6, 6.07) is 11.5. The number of hydrogen-bond donors (Lipinski definition) is 0. The van der Waals surface area contributed by atoms with E-state index in [1.807, 2.05) is 38.1 Å². The van der Waals surface area contributed by atoms with E-state index in [2.05, 4.69) is 21.6 Å². The third-order valence-electron chi connectivity index (χ3n) is 4.70. The van der Waals surface area contributed by atoms with Crippen molar-refractivity contribution in [3.63, 3.8) is 0 Å². The number of aryl methyl sites for hydroxylation is 2. The molecule has 1 aromatic heterocycles. The maximum atomic E-state index is 12.7. The maximum absolute atomic E-state index is 12.7. The Morgan fingerprint density at radius 1 is 1.14 bits per heavy atom. The number of carbonyl (C=O) groups is 2. The third-order valence-corrected chi connectivity index (χ3v) is 5.62. The number of hydrogen-bond acceptors (Lipinski definition) is 6. The quantitative estimate of drug-likeness (QED) is 0.490. The lowest BCUT2D eigenvalue weighted by Gasteiger charge is -2.10. The standard InChI is InChI=1S/C20H19N5O2S/c1-12-6-13(2)8-16(7-12)25-20(21-22-23-25)28-11-18(26)14-4-5-17-15(9-14)10-19(27)24(17)3/h4-9H,10-11H2,1-3H3. The summed E-state index contributed by atoms with van der Waals surface area (Å²) in [6.45, 7) is 4.04. The summed E-state index contributed by atoms with van der Waals surface area (Å²) in [6.07, 6.45) is 0.338. The van der Waals surface area contributed by atoms with Crippen molar-refractivity contribution in [3.8, 4) is 5.69 Å². The van der Waals surface area contributed by atoms with Gasteiger partial charge in [-0.25, -0.2) is 0 Å². The van der Waals surface area contributed by atoms with Crippen LogP contribution >= 0.6 is 11.8 Å². The number of rotatable bonds is 5. The molecule has 0 saturated heterocycles. The van der Waals surface area contributed by atoms with Gasteiger partial charge in [0, 0.05) is 18.3 Å². The van der Waals surface area contributed by atoms with Crippen LogP contribution in [-0.4, -0.2) is 44.7 Å². The van der Waals surface area contributed by atoms with Gasteiger partial charge in [-0.2, -0.15) is 4.68 Å². The molecule has 0 saturated carbocycles. The molecule has 0 fully saturated rings. The molecule has 3 aromatic rings. The normalized spacial score (nSPS) is 13.1. The average molecular weight is 393 g/mol. The van der Waals surface area contributed by atoms with Gasteiger partial charge in [-0.15, -0.1) is 5.10 Å². The number of tetrazole rings is 1. The number of benzene rings is 2. The van der Waals surface area contributed by atoms with Crippen LogP contribution in [0.5, 0.6) is 0 Å². The lowest BCUT2D eigenvalue weighted by molar-refractivity contribution is -0.117. The number of anilines is 1. The van der Waals surface area contributed by atoms with Crippen LogP contribution in [0.4, 0.5) is 5.69 Å². The Morgan fingerprint density at radius 3 is 2.64 bits per heavy atom. The zero-order valence-electron chi connectivity index (χ0n) is 15.8. The smallest absolute Gasteiger partial charge is 0.231 e. The van der Waals surface area contributed by atoms with Crippen molar-refractivity contribution in [2.24, 2.45) is 0 Å². The highest BCUT2D eigenvalue weighted by molar-refractivity contribution is 7.99. The van der Waals surface area contributed by atoms with E-state index in [1.54, 1.807) is 22.7 Å². The van der Waals surface area contributed by atoms with Gasteiger partial charge in [0.15, 0.2) is 5.78 Å². The molecule has 142 valence electrons. The molecule has 1 aliphatic heterocycles. The lowest BCUT2D eigenvalue weighted by atomic mass is 10.1. The molecule has 1 amide bonds. The van der Waals surface area contributed by atoms with Crippen molar-refractivity contribution in [2.75, 3.05) is 17.7 Å². The molecule has 0 unspecified atom stereocenters. The van der Waals surface area contributed by atoms with Gasteiger partial charge in [0.1, 0.15) is 0 Å². The predicted molar refractivity (Wildman–Crippen MR) is 107 cm³/mol. The van der Waals surface area contributed by atoms with Gasteiger partial charge in [-0.1, -0.05) is 17.8 Å². The van der Waals surface area contributed by atoms with Crippen LogP contribution in [0.3, 0.4) is 0 Å². The van der Waals surface area contributed by atoms with E-state index < -0.39 is 0 Å². The van der Waals surface area contributed by atoms with E-state index in [4.69, 9.17) is 0 Å². The number of amides is 1. The Kier molecular flexibility index (Phi) is 4.72. The number of likely N-dealkylation sites (N-methyl/N-ethyl adjacent to an activating group) is 1. The van der Waals surface area contributed by atoms with Crippen LogP contribution in [0.1, 0.15) is 27.0 Å². The SMILES string of the molecule is Cc1cc(C)cc(-n2nnnc2SCC(=O)c2ccc3c(c2)CC(=O)N3C)c1. The minimum Gasteiger partial charge on any atom is -0.315 e. The Labute approximate surface area is 166 Å². The van der Waals surface area contributed by atoms with Gasteiger partial charge in [-0.3, -0.25) is 9.59 Å². The van der Waals surface area contributed by atoms with E-state index in [0.717, 1.165) is 28.1 Å². The zero-order chi connectivity index (χ0) is 19.8. The molecule has 0 radical (unpaired) electrons. The van der Waals surface area contributed by atoms with E-state index >= 15 is 0 Å². The first-order chi connectivity index (χ1) is 13.4. The van der Waals surface area contributed by atoms with E-state index in [1.165, 1.54) is 11.8 Å². The van der Waals surface area contributed by atoms with Crippen molar-refractivity contribution in [3.05, 3.63) is 58.7 Å². The summed E-state index contributed by atoms with van der Waals surface area (Å²) >= 11 is 1.30. The number of carbonyl (C=O) groups excluding carboxylic acids is 2. The summed E-state index contributed by atoms with van der Waals surface area (Å²) in [4.78, 5) is 26.1. The molecule has 0 N–H and O–H groups in total. The predicted octanol–water partition coefficient (Wildman–Crippen LogP) is 2.77. The highest BCUT2D eigenvalue weighted by atomic mass is 32.2. The first-order valence-electron chi connectivity index (χ1n) is 8.85. The number of ketones is 1. The topological polar surface area (TPSA) is 81.0 Å². The van der Waals surface area contributed by atoms with Gasteiger partial charge in [0.2, 0.25) is 11.1 Å². The van der Waals surface area contributed by atoms with Crippen molar-refractivity contribution < 1.29 is 9.59 Å². The monoisotopic (exact) mass is 393 g/mol. The van der Waals surface area contributed by atoms with Crippen molar-refractivity contribution >= 4 is 29.1 Å². The second-order valence-corrected chi connectivity index (χ2v) is 7.85. The molecule has 28 heavy (non-hydrogen) atoms. The molecule has 7 nitrogen and oxygen atoms in total. The number of nitrogens with zero attached hydrogens (tertiary/aromatic N) is 5. The Balaban J connectivity index is 1.50. The van der Waals surface area contributed by atoms with Crippen LogP contribution in [0.25, 0.3) is 5.69 Å². The summed E-state index contributed by atoms with van der Waals surface area (Å²) in [7, 11) is 1.75. The largest absolute Gasteiger partial charge is 0.315 e. The second-order valence-electron chi connectivity index (χ2n) is 6.90. The van der Waals surface area contributed by atoms with Gasteiger partial charge < -0.3 is 4.90 Å². The van der Waals surface area contributed by atoms with Gasteiger partial charge >= 0.3 is 0 Å². The molecule has 0 bridgehead atoms. The van der Waals surface area contributed by atoms with Crippen molar-refractivity contribution in [1.82, 2.24) is 20.2 Å². The molecular weight excluding hydrogens is 374 g/mol. The second kappa shape index (κ2) is 7.20. The summed E-state index contributed by atoms with van der Waals surface area (Å²) < 4.78 is 1.65. The van der Waals surface area contributed by atoms with E-state index in [9.17, 15) is 9.59 Å². The highest BCUT2D eigenvalue weighted by Crippen LogP contribution is 2.29. The van der Waals surface area contributed by atoms with Gasteiger partial charge in [0.05, 0.1) is 17.9 Å². The molecule has 2 heterocycles. The Bertz CT molecular complexity index is 1070. The Morgan fingerprint density at radius 2 is 1.89 bits per heavy atom. The first kappa shape index (κ1) is 18.4. The van der Waals surface area contributed by atoms with E-state index in [-0.39, 0.29) is 17.4 Å². The van der Waals surface area contributed by atoms with Crippen LogP contribution in [0, 0.1) is 13.8 Å². The minimum absolute atomic E-state index is 0.0234. The molecule has 4 rings (SSSR count). The van der Waals surface area contributed by atoms with Gasteiger partial charge in [-0.05, 0) is 71.3 Å². The average Bonchev–Trinajstić information content (AvgIpc) is 3.23. The summed E-state index contributed by atoms with van der Waals surface area (Å²) in [5.41, 5.74) is 5.47. The number of thioether (sulfide) groups is 1. The molecular formula is C20H19N5O2S.